The molecule has 0 rings (SSSR count). The molecule has 0 spiro atoms. The number of carbonyl (C=O) groups is 1. The zero-order chi connectivity index (χ0) is 13.9. The zero-order valence-electron chi connectivity index (χ0n) is 13.0. The van der Waals surface area contributed by atoms with E-state index in [0.717, 1.165) is 13.0 Å². The SMILES string of the molecule is CCNC(C(=O)C(C)(C)C)C(C)(C)CC(C)C. The molecule has 0 radical (unpaired) electrons. The zero-order valence-corrected chi connectivity index (χ0v) is 13.0. The molecule has 0 amide bonds. The molecule has 1 unspecified atom stereocenters. The van der Waals surface area contributed by atoms with Crippen LogP contribution in [0.5, 0.6) is 0 Å². The van der Waals surface area contributed by atoms with E-state index >= 15 is 0 Å². The number of hydrogen-bond donors (Lipinski definition) is 1. The number of hydrogen-bond acceptors (Lipinski definition) is 2. The second-order valence-electron chi connectivity index (χ2n) is 7.19. The van der Waals surface area contributed by atoms with Gasteiger partial charge in [0.15, 0.2) is 5.78 Å². The molecule has 0 fully saturated rings. The van der Waals surface area contributed by atoms with Crippen LogP contribution in [0.25, 0.3) is 0 Å². The summed E-state index contributed by atoms with van der Waals surface area (Å²) in [5.74, 6) is 0.934. The summed E-state index contributed by atoms with van der Waals surface area (Å²) in [6.45, 7) is 17.7. The average Bonchev–Trinajstić information content (AvgIpc) is 2.09. The summed E-state index contributed by atoms with van der Waals surface area (Å²) in [5.41, 5.74) is -0.268. The lowest BCUT2D eigenvalue weighted by Gasteiger charge is -2.38. The van der Waals surface area contributed by atoms with Crippen molar-refractivity contribution in [2.24, 2.45) is 16.7 Å². The molecule has 0 aromatic heterocycles. The average molecular weight is 241 g/mol. The Balaban J connectivity index is 5.02. The van der Waals surface area contributed by atoms with E-state index in [1.807, 2.05) is 20.8 Å². The smallest absolute Gasteiger partial charge is 0.155 e. The molecule has 0 saturated carbocycles. The standard InChI is InChI=1S/C15H31NO/c1-9-16-12(13(17)14(4,5)6)15(7,8)10-11(2)3/h11-12,16H,9-10H2,1-8H3. The van der Waals surface area contributed by atoms with Crippen molar-refractivity contribution in [2.75, 3.05) is 6.54 Å². The van der Waals surface area contributed by atoms with E-state index < -0.39 is 0 Å². The normalized spacial score (nSPS) is 15.1. The van der Waals surface area contributed by atoms with Gasteiger partial charge in [0.25, 0.3) is 0 Å². The van der Waals surface area contributed by atoms with Crippen LogP contribution < -0.4 is 5.32 Å². The molecule has 2 heteroatoms. The van der Waals surface area contributed by atoms with Crippen molar-refractivity contribution in [3.05, 3.63) is 0 Å². The van der Waals surface area contributed by atoms with Crippen LogP contribution in [0.15, 0.2) is 0 Å². The van der Waals surface area contributed by atoms with Crippen LogP contribution in [-0.2, 0) is 4.79 Å². The fourth-order valence-electron chi connectivity index (χ4n) is 2.53. The second kappa shape index (κ2) is 5.99. The lowest BCUT2D eigenvalue weighted by atomic mass is 9.71. The van der Waals surface area contributed by atoms with Gasteiger partial charge in [-0.3, -0.25) is 4.79 Å². The predicted molar refractivity (Wildman–Crippen MR) is 75.2 cm³/mol. The van der Waals surface area contributed by atoms with Gasteiger partial charge in [0.2, 0.25) is 0 Å². The van der Waals surface area contributed by atoms with Gasteiger partial charge in [-0.25, -0.2) is 0 Å². The van der Waals surface area contributed by atoms with E-state index in [9.17, 15) is 4.79 Å². The van der Waals surface area contributed by atoms with Crippen molar-refractivity contribution in [3.63, 3.8) is 0 Å². The fraction of sp³-hybridized carbons (Fsp3) is 0.933. The summed E-state index contributed by atoms with van der Waals surface area (Å²) < 4.78 is 0. The number of nitrogens with one attached hydrogen (secondary N) is 1. The number of Topliss-reactive ketones (excluding diaryl/α,β-unsaturated/α-hetero) is 1. The highest BCUT2D eigenvalue weighted by atomic mass is 16.1. The van der Waals surface area contributed by atoms with Crippen molar-refractivity contribution in [1.82, 2.24) is 5.32 Å². The number of ketones is 1. The Kier molecular flexibility index (Phi) is 5.86. The van der Waals surface area contributed by atoms with Crippen LogP contribution in [0.3, 0.4) is 0 Å². The van der Waals surface area contributed by atoms with Crippen LogP contribution in [0.4, 0.5) is 0 Å². The Bertz CT molecular complexity index is 248. The quantitative estimate of drug-likeness (QED) is 0.769. The highest BCUT2D eigenvalue weighted by molar-refractivity contribution is 5.89. The Morgan fingerprint density at radius 1 is 1.12 bits per heavy atom. The van der Waals surface area contributed by atoms with E-state index in [4.69, 9.17) is 0 Å². The monoisotopic (exact) mass is 241 g/mol. The van der Waals surface area contributed by atoms with Gasteiger partial charge in [0, 0.05) is 5.41 Å². The predicted octanol–water partition coefficient (Wildman–Crippen LogP) is 3.65. The molecule has 102 valence electrons. The maximum absolute atomic E-state index is 12.5. The fourth-order valence-corrected chi connectivity index (χ4v) is 2.53. The molecule has 0 aromatic rings. The maximum atomic E-state index is 12.5. The van der Waals surface area contributed by atoms with Gasteiger partial charge in [-0.2, -0.15) is 0 Å². The van der Waals surface area contributed by atoms with Crippen LogP contribution in [0, 0.1) is 16.7 Å². The van der Waals surface area contributed by atoms with Gasteiger partial charge < -0.3 is 5.32 Å². The minimum absolute atomic E-state index is 0.00847. The Morgan fingerprint density at radius 3 is 1.88 bits per heavy atom. The topological polar surface area (TPSA) is 29.1 Å². The van der Waals surface area contributed by atoms with Crippen molar-refractivity contribution >= 4 is 5.78 Å². The van der Waals surface area contributed by atoms with Crippen molar-refractivity contribution in [3.8, 4) is 0 Å². The second-order valence-corrected chi connectivity index (χ2v) is 7.19. The molecule has 1 N–H and O–H groups in total. The third-order valence-electron chi connectivity index (χ3n) is 3.13. The minimum Gasteiger partial charge on any atom is -0.307 e. The van der Waals surface area contributed by atoms with Gasteiger partial charge in [0.1, 0.15) is 0 Å². The molecule has 17 heavy (non-hydrogen) atoms. The van der Waals surface area contributed by atoms with Gasteiger partial charge in [0.05, 0.1) is 6.04 Å². The van der Waals surface area contributed by atoms with Crippen molar-refractivity contribution < 1.29 is 4.79 Å². The summed E-state index contributed by atoms with van der Waals surface area (Å²) in [7, 11) is 0. The van der Waals surface area contributed by atoms with Crippen LogP contribution in [-0.4, -0.2) is 18.4 Å². The highest BCUT2D eigenvalue weighted by Crippen LogP contribution is 2.33. The molecule has 0 aliphatic carbocycles. The maximum Gasteiger partial charge on any atom is 0.155 e. The molecular weight excluding hydrogens is 210 g/mol. The van der Waals surface area contributed by atoms with Crippen molar-refractivity contribution in [2.45, 2.75) is 67.9 Å². The molecule has 0 aliphatic heterocycles. The van der Waals surface area contributed by atoms with E-state index in [0.29, 0.717) is 11.7 Å². The first kappa shape index (κ1) is 16.6. The summed E-state index contributed by atoms with van der Waals surface area (Å²) in [5, 5.41) is 3.39. The summed E-state index contributed by atoms with van der Waals surface area (Å²) in [6.07, 6.45) is 1.06. The number of rotatable bonds is 6. The molecule has 0 aliphatic rings. The Morgan fingerprint density at radius 2 is 1.59 bits per heavy atom. The Hall–Kier alpha value is -0.370. The number of likely N-dealkylation sites (N-methyl/N-ethyl adjacent to an activating group) is 1. The summed E-state index contributed by atoms with van der Waals surface area (Å²) >= 11 is 0. The van der Waals surface area contributed by atoms with E-state index in [1.54, 1.807) is 0 Å². The van der Waals surface area contributed by atoms with E-state index in [-0.39, 0.29) is 16.9 Å². The lowest BCUT2D eigenvalue weighted by molar-refractivity contribution is -0.131. The molecule has 2 nitrogen and oxygen atoms in total. The molecule has 0 saturated heterocycles. The van der Waals surface area contributed by atoms with E-state index in [1.165, 1.54) is 0 Å². The largest absolute Gasteiger partial charge is 0.307 e. The van der Waals surface area contributed by atoms with Crippen LogP contribution in [0.1, 0.15) is 61.8 Å². The minimum atomic E-state index is -0.277. The van der Waals surface area contributed by atoms with E-state index in [2.05, 4.69) is 39.9 Å². The van der Waals surface area contributed by atoms with Gasteiger partial charge in [-0.1, -0.05) is 55.4 Å². The molecular formula is C15H31NO. The summed E-state index contributed by atoms with van der Waals surface area (Å²) in [6, 6.07) is -0.0464. The summed E-state index contributed by atoms with van der Waals surface area (Å²) in [4.78, 5) is 12.5. The lowest BCUT2D eigenvalue weighted by Crippen LogP contribution is -2.52. The van der Waals surface area contributed by atoms with Gasteiger partial charge in [-0.15, -0.1) is 0 Å². The van der Waals surface area contributed by atoms with Crippen LogP contribution in [0.2, 0.25) is 0 Å². The van der Waals surface area contributed by atoms with Gasteiger partial charge in [-0.05, 0) is 24.3 Å². The number of carbonyl (C=O) groups excluding carboxylic acids is 1. The molecule has 0 heterocycles. The highest BCUT2D eigenvalue weighted by Gasteiger charge is 2.39. The third kappa shape index (κ3) is 5.20. The molecule has 0 bridgehead atoms. The third-order valence-corrected chi connectivity index (χ3v) is 3.13. The van der Waals surface area contributed by atoms with Gasteiger partial charge >= 0.3 is 0 Å². The first-order chi connectivity index (χ1) is 7.52. The molecule has 1 atom stereocenters. The van der Waals surface area contributed by atoms with Crippen molar-refractivity contribution in [1.29, 1.82) is 0 Å². The van der Waals surface area contributed by atoms with Crippen LogP contribution >= 0.6 is 0 Å². The molecule has 0 aromatic carbocycles. The first-order valence-electron chi connectivity index (χ1n) is 6.80. The Labute approximate surface area is 108 Å². The first-order valence-corrected chi connectivity index (χ1v) is 6.80.